The molecule has 146 valence electrons. The van der Waals surface area contributed by atoms with Gasteiger partial charge in [0.05, 0.1) is 0 Å². The Hall–Kier alpha value is -1.05. The summed E-state index contributed by atoms with van der Waals surface area (Å²) in [6, 6.07) is 4.12. The minimum Gasteiger partial charge on any atom is -0.467 e. The van der Waals surface area contributed by atoms with Gasteiger partial charge in [0.15, 0.2) is 13.6 Å². The van der Waals surface area contributed by atoms with E-state index in [-0.39, 0.29) is 13.6 Å². The molecule has 1 aromatic rings. The van der Waals surface area contributed by atoms with Gasteiger partial charge in [0.2, 0.25) is 0 Å². The molecule has 26 heavy (non-hydrogen) atoms. The highest BCUT2D eigenvalue weighted by molar-refractivity contribution is 14.1. The number of allylic oxidation sites excluding steroid dienone is 4. The summed E-state index contributed by atoms with van der Waals surface area (Å²) < 4.78 is 22.7. The molecule has 5 heteroatoms. The fourth-order valence-electron chi connectivity index (χ4n) is 2.42. The molecule has 0 aromatic heterocycles. The van der Waals surface area contributed by atoms with Crippen molar-refractivity contribution in [2.45, 2.75) is 44.5 Å². The molecule has 0 N–H and O–H groups in total. The van der Waals surface area contributed by atoms with E-state index in [2.05, 4.69) is 67.6 Å². The van der Waals surface area contributed by atoms with E-state index < -0.39 is 0 Å². The molecule has 0 aliphatic heterocycles. The second-order valence-corrected chi connectivity index (χ2v) is 7.14. The highest BCUT2D eigenvalue weighted by Gasteiger charge is 2.13. The minimum atomic E-state index is 0.213. The summed E-state index contributed by atoms with van der Waals surface area (Å²) in [7, 11) is 3.24. The SMILES string of the molecule is COCOc1cc(CI)cc(OCOC)c1C/C=C(\C)CCC=C(C)C. The fraction of sp³-hybridized carbons (Fsp3) is 0.524. The molecule has 0 atom stereocenters. The average Bonchev–Trinajstić information content (AvgIpc) is 2.62. The molecule has 0 spiro atoms. The Morgan fingerprint density at radius 2 is 1.54 bits per heavy atom. The number of benzene rings is 1. The van der Waals surface area contributed by atoms with Gasteiger partial charge in [0.25, 0.3) is 0 Å². The summed E-state index contributed by atoms with van der Waals surface area (Å²) in [6.45, 7) is 6.86. The Balaban J connectivity index is 3.04. The number of hydrogen-bond donors (Lipinski definition) is 0. The van der Waals surface area contributed by atoms with Crippen molar-refractivity contribution in [3.8, 4) is 11.5 Å². The number of alkyl halides is 1. The van der Waals surface area contributed by atoms with E-state index in [9.17, 15) is 0 Å². The molecule has 0 amide bonds. The van der Waals surface area contributed by atoms with Crippen molar-refractivity contribution in [3.05, 3.63) is 46.6 Å². The summed E-state index contributed by atoms with van der Waals surface area (Å²) in [6.07, 6.45) is 7.39. The highest BCUT2D eigenvalue weighted by Crippen LogP contribution is 2.33. The van der Waals surface area contributed by atoms with E-state index in [1.165, 1.54) is 11.1 Å². The van der Waals surface area contributed by atoms with Crippen LogP contribution in [0, 0.1) is 0 Å². The molecule has 0 saturated heterocycles. The third-order valence-corrected chi connectivity index (χ3v) is 4.67. The second kappa shape index (κ2) is 13.2. The summed E-state index contributed by atoms with van der Waals surface area (Å²) in [4.78, 5) is 0. The van der Waals surface area contributed by atoms with Gasteiger partial charge in [0.1, 0.15) is 11.5 Å². The van der Waals surface area contributed by atoms with Gasteiger partial charge >= 0.3 is 0 Å². The molecule has 0 aliphatic rings. The van der Waals surface area contributed by atoms with Gasteiger partial charge in [-0.15, -0.1) is 0 Å². The molecule has 0 fully saturated rings. The maximum atomic E-state index is 5.81. The maximum Gasteiger partial charge on any atom is 0.188 e. The molecule has 4 nitrogen and oxygen atoms in total. The van der Waals surface area contributed by atoms with Gasteiger partial charge in [0, 0.05) is 24.2 Å². The molecule has 0 unspecified atom stereocenters. The van der Waals surface area contributed by atoms with Crippen molar-refractivity contribution in [2.75, 3.05) is 27.8 Å². The molecule has 0 radical (unpaired) electrons. The van der Waals surface area contributed by atoms with Crippen molar-refractivity contribution < 1.29 is 18.9 Å². The fourth-order valence-corrected chi connectivity index (χ4v) is 2.86. The molecule has 0 heterocycles. The van der Waals surface area contributed by atoms with Crippen LogP contribution in [0.15, 0.2) is 35.4 Å². The lowest BCUT2D eigenvalue weighted by Crippen LogP contribution is -2.07. The average molecular weight is 474 g/mol. The van der Waals surface area contributed by atoms with Crippen molar-refractivity contribution in [1.29, 1.82) is 0 Å². The number of hydrogen-bond acceptors (Lipinski definition) is 4. The van der Waals surface area contributed by atoms with Crippen LogP contribution in [-0.4, -0.2) is 27.8 Å². The third-order valence-electron chi connectivity index (χ3n) is 3.79. The van der Waals surface area contributed by atoms with Crippen LogP contribution in [0.4, 0.5) is 0 Å². The Labute approximate surface area is 171 Å². The molecule has 1 rings (SSSR count). The van der Waals surface area contributed by atoms with Gasteiger partial charge in [-0.2, -0.15) is 0 Å². The zero-order chi connectivity index (χ0) is 19.4. The molecule has 0 aliphatic carbocycles. The first kappa shape index (κ1) is 23.0. The van der Waals surface area contributed by atoms with Gasteiger partial charge < -0.3 is 18.9 Å². The zero-order valence-corrected chi connectivity index (χ0v) is 18.7. The van der Waals surface area contributed by atoms with Gasteiger partial charge in [-0.05, 0) is 57.7 Å². The molecular weight excluding hydrogens is 443 g/mol. The highest BCUT2D eigenvalue weighted by atomic mass is 127. The van der Waals surface area contributed by atoms with Crippen LogP contribution >= 0.6 is 22.6 Å². The van der Waals surface area contributed by atoms with Crippen molar-refractivity contribution in [1.82, 2.24) is 0 Å². The first-order chi connectivity index (χ1) is 12.5. The first-order valence-corrected chi connectivity index (χ1v) is 10.3. The Morgan fingerprint density at radius 3 is 2.00 bits per heavy atom. The summed E-state index contributed by atoms with van der Waals surface area (Å²) >= 11 is 2.34. The van der Waals surface area contributed by atoms with Crippen LogP contribution in [0.25, 0.3) is 0 Å². The summed E-state index contributed by atoms with van der Waals surface area (Å²) in [5.41, 5.74) is 4.89. The van der Waals surface area contributed by atoms with E-state index in [1.54, 1.807) is 14.2 Å². The van der Waals surface area contributed by atoms with Crippen LogP contribution < -0.4 is 9.47 Å². The topological polar surface area (TPSA) is 36.9 Å². The third kappa shape index (κ3) is 8.56. The van der Waals surface area contributed by atoms with E-state index in [1.807, 2.05) is 0 Å². The Morgan fingerprint density at radius 1 is 0.962 bits per heavy atom. The largest absolute Gasteiger partial charge is 0.467 e. The smallest absolute Gasteiger partial charge is 0.188 e. The van der Waals surface area contributed by atoms with Gasteiger partial charge in [-0.25, -0.2) is 0 Å². The van der Waals surface area contributed by atoms with Crippen molar-refractivity contribution >= 4 is 22.6 Å². The molecular formula is C21H31IO4. The predicted molar refractivity (Wildman–Crippen MR) is 115 cm³/mol. The van der Waals surface area contributed by atoms with Crippen LogP contribution in [-0.2, 0) is 20.3 Å². The summed E-state index contributed by atoms with van der Waals surface area (Å²) in [5.74, 6) is 1.61. The van der Waals surface area contributed by atoms with Crippen LogP contribution in [0.2, 0.25) is 0 Å². The lowest BCUT2D eigenvalue weighted by molar-refractivity contribution is 0.0448. The van der Waals surface area contributed by atoms with Crippen LogP contribution in [0.1, 0.15) is 44.7 Å². The predicted octanol–water partition coefficient (Wildman–Crippen LogP) is 5.82. The van der Waals surface area contributed by atoms with Gasteiger partial charge in [-0.3, -0.25) is 0 Å². The maximum absolute atomic E-state index is 5.81. The lowest BCUT2D eigenvalue weighted by Gasteiger charge is -2.17. The van der Waals surface area contributed by atoms with E-state index in [0.717, 1.165) is 46.3 Å². The quantitative estimate of drug-likeness (QED) is 0.166. The number of rotatable bonds is 12. The molecule has 0 saturated carbocycles. The monoisotopic (exact) mass is 474 g/mol. The minimum absolute atomic E-state index is 0.213. The first-order valence-electron chi connectivity index (χ1n) is 8.76. The lowest BCUT2D eigenvalue weighted by atomic mass is 10.0. The molecule has 1 aromatic carbocycles. The Kier molecular flexibility index (Phi) is 11.6. The van der Waals surface area contributed by atoms with Crippen molar-refractivity contribution in [2.24, 2.45) is 0 Å². The van der Waals surface area contributed by atoms with Crippen LogP contribution in [0.5, 0.6) is 11.5 Å². The van der Waals surface area contributed by atoms with E-state index >= 15 is 0 Å². The van der Waals surface area contributed by atoms with E-state index in [0.29, 0.717) is 0 Å². The number of halogens is 1. The number of ether oxygens (including phenoxy) is 4. The van der Waals surface area contributed by atoms with E-state index in [4.69, 9.17) is 18.9 Å². The van der Waals surface area contributed by atoms with Crippen molar-refractivity contribution in [3.63, 3.8) is 0 Å². The van der Waals surface area contributed by atoms with Crippen LogP contribution in [0.3, 0.4) is 0 Å². The normalized spacial score (nSPS) is 11.4. The standard InChI is InChI=1S/C21H31IO4/c1-16(2)7-6-8-17(3)9-10-19-20(25-14-23-4)11-18(13-22)12-21(19)26-15-24-5/h7,9,11-12H,6,8,10,13-15H2,1-5H3/b17-9+. The Bertz CT molecular complexity index is 575. The molecule has 0 bridgehead atoms. The number of methoxy groups -OCH3 is 2. The van der Waals surface area contributed by atoms with Gasteiger partial charge in [-0.1, -0.05) is 45.9 Å². The summed E-state index contributed by atoms with van der Waals surface area (Å²) in [5, 5.41) is 0. The second-order valence-electron chi connectivity index (χ2n) is 6.38. The zero-order valence-electron chi connectivity index (χ0n) is 16.6.